The quantitative estimate of drug-likeness (QED) is 0.820. The third-order valence-corrected chi connectivity index (χ3v) is 3.43. The summed E-state index contributed by atoms with van der Waals surface area (Å²) in [5.74, 6) is 0. The molecule has 3 N–H and O–H groups in total. The highest BCUT2D eigenvalue weighted by atomic mass is 32.2. The van der Waals surface area contributed by atoms with Gasteiger partial charge in [0.05, 0.1) is 11.3 Å². The normalized spacial score (nSPS) is 12.5. The Morgan fingerprint density at radius 3 is 2.42 bits per heavy atom. The average Bonchev–Trinajstić information content (AvgIpc) is 2.26. The van der Waals surface area contributed by atoms with Crippen LogP contribution in [-0.4, -0.2) is 15.0 Å². The van der Waals surface area contributed by atoms with Gasteiger partial charge in [0.1, 0.15) is 4.90 Å². The van der Waals surface area contributed by atoms with Crippen LogP contribution in [0.15, 0.2) is 23.1 Å². The van der Waals surface area contributed by atoms with Crippen molar-refractivity contribution in [2.24, 2.45) is 5.14 Å². The number of nitrogens with one attached hydrogen (secondary N) is 1. The van der Waals surface area contributed by atoms with Crippen molar-refractivity contribution in [2.45, 2.75) is 30.8 Å². The largest absolute Gasteiger partial charge is 0.416 e. The van der Waals surface area contributed by atoms with Gasteiger partial charge in [0.2, 0.25) is 10.0 Å². The maximum atomic E-state index is 12.6. The third kappa shape index (κ3) is 4.39. The van der Waals surface area contributed by atoms with Crippen molar-refractivity contribution in [1.29, 1.82) is 0 Å². The molecule has 0 saturated carbocycles. The highest BCUT2D eigenvalue weighted by molar-refractivity contribution is 7.89. The SMILES string of the molecule is CCCCNc1cc(C(F)(F)F)ccc1S(N)(=O)=O. The monoisotopic (exact) mass is 296 g/mol. The molecule has 8 heteroatoms. The van der Waals surface area contributed by atoms with E-state index in [4.69, 9.17) is 5.14 Å². The van der Waals surface area contributed by atoms with Crippen LogP contribution in [0.1, 0.15) is 25.3 Å². The van der Waals surface area contributed by atoms with Crippen LogP contribution in [0.25, 0.3) is 0 Å². The fourth-order valence-corrected chi connectivity index (χ4v) is 2.19. The molecule has 108 valence electrons. The van der Waals surface area contributed by atoms with Crippen molar-refractivity contribution < 1.29 is 21.6 Å². The molecule has 0 saturated heterocycles. The standard InChI is InChI=1S/C11H15F3N2O2S/c1-2-3-6-16-9-7-8(11(12,13)14)4-5-10(9)19(15,17)18/h4-5,7,16H,2-3,6H2,1H3,(H2,15,17,18). The molecule has 4 nitrogen and oxygen atoms in total. The van der Waals surface area contributed by atoms with Crippen molar-refractivity contribution in [3.05, 3.63) is 23.8 Å². The summed E-state index contributed by atoms with van der Waals surface area (Å²) in [4.78, 5) is -0.336. The summed E-state index contributed by atoms with van der Waals surface area (Å²) < 4.78 is 60.3. The minimum atomic E-state index is -4.53. The number of halogens is 3. The highest BCUT2D eigenvalue weighted by Gasteiger charge is 2.31. The number of alkyl halides is 3. The van der Waals surface area contributed by atoms with E-state index in [0.29, 0.717) is 19.0 Å². The molecule has 0 atom stereocenters. The van der Waals surface area contributed by atoms with E-state index in [-0.39, 0.29) is 10.6 Å². The van der Waals surface area contributed by atoms with Crippen molar-refractivity contribution in [2.75, 3.05) is 11.9 Å². The van der Waals surface area contributed by atoms with Gasteiger partial charge in [0.15, 0.2) is 0 Å². The number of rotatable bonds is 5. The van der Waals surface area contributed by atoms with E-state index in [1.165, 1.54) is 0 Å². The van der Waals surface area contributed by atoms with Gasteiger partial charge in [0, 0.05) is 6.54 Å². The minimum absolute atomic E-state index is 0.120. The second-order valence-corrected chi connectivity index (χ2v) is 5.56. The number of hydrogen-bond acceptors (Lipinski definition) is 3. The minimum Gasteiger partial charge on any atom is -0.384 e. The smallest absolute Gasteiger partial charge is 0.384 e. The molecule has 0 unspecified atom stereocenters. The maximum Gasteiger partial charge on any atom is 0.416 e. The summed E-state index contributed by atoms with van der Waals surface area (Å²) in [7, 11) is -4.06. The number of primary sulfonamides is 1. The molecule has 1 aromatic rings. The summed E-state index contributed by atoms with van der Waals surface area (Å²) >= 11 is 0. The zero-order chi connectivity index (χ0) is 14.7. The predicted octanol–water partition coefficient (Wildman–Crippen LogP) is 2.56. The van der Waals surface area contributed by atoms with Crippen LogP contribution < -0.4 is 10.5 Å². The maximum absolute atomic E-state index is 12.6. The van der Waals surface area contributed by atoms with Crippen LogP contribution >= 0.6 is 0 Å². The lowest BCUT2D eigenvalue weighted by Crippen LogP contribution is -2.17. The molecule has 0 heterocycles. The van der Waals surface area contributed by atoms with Crippen molar-refractivity contribution in [3.63, 3.8) is 0 Å². The lowest BCUT2D eigenvalue weighted by atomic mass is 10.2. The van der Waals surface area contributed by atoms with Crippen LogP contribution in [0, 0.1) is 0 Å². The molecule has 0 amide bonds. The third-order valence-electron chi connectivity index (χ3n) is 2.46. The molecule has 0 aromatic heterocycles. The number of benzene rings is 1. The van der Waals surface area contributed by atoms with Crippen molar-refractivity contribution >= 4 is 15.7 Å². The van der Waals surface area contributed by atoms with E-state index in [2.05, 4.69) is 5.32 Å². The fourth-order valence-electron chi connectivity index (χ4n) is 1.49. The Bertz CT molecular complexity index is 541. The highest BCUT2D eigenvalue weighted by Crippen LogP contribution is 2.33. The molecule has 0 aliphatic rings. The van der Waals surface area contributed by atoms with E-state index >= 15 is 0 Å². The molecule has 0 aliphatic heterocycles. The summed E-state index contributed by atoms with van der Waals surface area (Å²) in [5.41, 5.74) is -1.04. The van der Waals surface area contributed by atoms with Gasteiger partial charge in [-0.25, -0.2) is 13.6 Å². The molecular formula is C11H15F3N2O2S. The molecule has 0 radical (unpaired) electrons. The van der Waals surface area contributed by atoms with Gasteiger partial charge < -0.3 is 5.32 Å². The molecule has 0 aliphatic carbocycles. The van der Waals surface area contributed by atoms with Gasteiger partial charge in [0.25, 0.3) is 0 Å². The Morgan fingerprint density at radius 1 is 1.32 bits per heavy atom. The number of anilines is 1. The van der Waals surface area contributed by atoms with E-state index in [1.54, 1.807) is 0 Å². The Kier molecular flexibility index (Phi) is 4.81. The fraction of sp³-hybridized carbons (Fsp3) is 0.455. The lowest BCUT2D eigenvalue weighted by molar-refractivity contribution is -0.137. The van der Waals surface area contributed by atoms with Crippen LogP contribution in [0.3, 0.4) is 0 Å². The molecule has 1 aromatic carbocycles. The Labute approximate surface area is 109 Å². The first-order chi connectivity index (χ1) is 8.66. The van der Waals surface area contributed by atoms with E-state index < -0.39 is 21.8 Å². The molecule has 0 spiro atoms. The number of sulfonamides is 1. The van der Waals surface area contributed by atoms with Gasteiger partial charge >= 0.3 is 6.18 Å². The van der Waals surface area contributed by atoms with Crippen LogP contribution in [0.2, 0.25) is 0 Å². The Balaban J connectivity index is 3.19. The number of hydrogen-bond donors (Lipinski definition) is 2. The van der Waals surface area contributed by atoms with Gasteiger partial charge in [-0.15, -0.1) is 0 Å². The summed E-state index contributed by atoms with van der Waals surface area (Å²) in [6, 6.07) is 2.33. The average molecular weight is 296 g/mol. The van der Waals surface area contributed by atoms with Crippen molar-refractivity contribution in [3.8, 4) is 0 Å². The van der Waals surface area contributed by atoms with Gasteiger partial charge in [-0.3, -0.25) is 0 Å². The second-order valence-electron chi connectivity index (χ2n) is 4.03. The molecule has 0 bridgehead atoms. The number of unbranched alkanes of at least 4 members (excludes halogenated alkanes) is 1. The van der Waals surface area contributed by atoms with Crippen LogP contribution in [-0.2, 0) is 16.2 Å². The second kappa shape index (κ2) is 5.79. The van der Waals surface area contributed by atoms with Gasteiger partial charge in [-0.2, -0.15) is 13.2 Å². The van der Waals surface area contributed by atoms with E-state index in [9.17, 15) is 21.6 Å². The lowest BCUT2D eigenvalue weighted by Gasteiger charge is -2.14. The first kappa shape index (κ1) is 15.8. The Hall–Kier alpha value is -1.28. The Morgan fingerprint density at radius 2 is 1.95 bits per heavy atom. The van der Waals surface area contributed by atoms with Gasteiger partial charge in [-0.05, 0) is 24.6 Å². The van der Waals surface area contributed by atoms with Crippen LogP contribution in [0.4, 0.5) is 18.9 Å². The molecule has 1 rings (SSSR count). The molecule has 19 heavy (non-hydrogen) atoms. The summed E-state index contributed by atoms with van der Waals surface area (Å²) in [5, 5.41) is 7.65. The van der Waals surface area contributed by atoms with E-state index in [0.717, 1.165) is 18.6 Å². The summed E-state index contributed by atoms with van der Waals surface area (Å²) in [6.07, 6.45) is -2.99. The first-order valence-corrected chi connectivity index (χ1v) is 7.19. The van der Waals surface area contributed by atoms with E-state index in [1.807, 2.05) is 6.92 Å². The van der Waals surface area contributed by atoms with Gasteiger partial charge in [-0.1, -0.05) is 13.3 Å². The molecular weight excluding hydrogens is 281 g/mol. The van der Waals surface area contributed by atoms with Crippen LogP contribution in [0.5, 0.6) is 0 Å². The first-order valence-electron chi connectivity index (χ1n) is 5.64. The molecule has 0 fully saturated rings. The van der Waals surface area contributed by atoms with Crippen molar-refractivity contribution in [1.82, 2.24) is 0 Å². The zero-order valence-electron chi connectivity index (χ0n) is 10.3. The summed E-state index contributed by atoms with van der Waals surface area (Å²) in [6.45, 7) is 2.29. The predicted molar refractivity (Wildman–Crippen MR) is 66.2 cm³/mol. The topological polar surface area (TPSA) is 72.2 Å². The number of nitrogens with two attached hydrogens (primary N) is 1. The zero-order valence-corrected chi connectivity index (χ0v) is 11.1.